The molecular weight excluding hydrogens is 228 g/mol. The number of nitrogens with one attached hydrogen (secondary N) is 2. The molecule has 0 aromatic heterocycles. The molecule has 1 aliphatic rings. The molecule has 0 bridgehead atoms. The molecule has 1 amide bonds. The van der Waals surface area contributed by atoms with E-state index in [9.17, 15) is 4.79 Å². The zero-order valence-corrected chi connectivity index (χ0v) is 11.2. The first kappa shape index (κ1) is 12.9. The molecule has 1 fully saturated rings. The van der Waals surface area contributed by atoms with Gasteiger partial charge in [-0.1, -0.05) is 0 Å². The van der Waals surface area contributed by atoms with Crippen LogP contribution in [0.5, 0.6) is 5.75 Å². The highest BCUT2D eigenvalue weighted by atomic mass is 16.5. The molecule has 1 heterocycles. The molecule has 0 saturated carbocycles. The van der Waals surface area contributed by atoms with Gasteiger partial charge in [-0.25, -0.2) is 0 Å². The second-order valence-electron chi connectivity index (χ2n) is 4.77. The average Bonchev–Trinajstić information content (AvgIpc) is 2.87. The normalized spacial score (nSPS) is 18.7. The van der Waals surface area contributed by atoms with Gasteiger partial charge in [0.05, 0.1) is 13.2 Å². The Morgan fingerprint density at radius 1 is 1.39 bits per heavy atom. The molecule has 1 aliphatic heterocycles. The highest BCUT2D eigenvalue weighted by Crippen LogP contribution is 2.26. The smallest absolute Gasteiger partial charge is 0.241 e. The monoisotopic (exact) mass is 248 g/mol. The Morgan fingerprint density at radius 2 is 2.17 bits per heavy atom. The number of carbonyl (C=O) groups is 1. The summed E-state index contributed by atoms with van der Waals surface area (Å²) in [7, 11) is 1.66. The fourth-order valence-corrected chi connectivity index (χ4v) is 2.27. The Hall–Kier alpha value is -1.55. The Bertz CT molecular complexity index is 451. The second-order valence-corrected chi connectivity index (χ2v) is 4.77. The minimum Gasteiger partial charge on any atom is -0.496 e. The van der Waals surface area contributed by atoms with Crippen molar-refractivity contribution in [2.24, 2.45) is 0 Å². The third-order valence-corrected chi connectivity index (χ3v) is 3.38. The zero-order valence-electron chi connectivity index (χ0n) is 11.2. The van der Waals surface area contributed by atoms with E-state index in [-0.39, 0.29) is 11.9 Å². The van der Waals surface area contributed by atoms with Gasteiger partial charge in [-0.05, 0) is 56.5 Å². The van der Waals surface area contributed by atoms with E-state index in [2.05, 4.69) is 10.6 Å². The van der Waals surface area contributed by atoms with Crippen LogP contribution >= 0.6 is 0 Å². The molecule has 2 N–H and O–H groups in total. The van der Waals surface area contributed by atoms with Crippen LogP contribution in [-0.4, -0.2) is 25.6 Å². The number of carbonyl (C=O) groups excluding carboxylic acids is 1. The van der Waals surface area contributed by atoms with Gasteiger partial charge in [-0.2, -0.15) is 0 Å². The maximum Gasteiger partial charge on any atom is 0.241 e. The fraction of sp³-hybridized carbons (Fsp3) is 0.500. The molecule has 4 nitrogen and oxygen atoms in total. The van der Waals surface area contributed by atoms with Crippen LogP contribution in [0.3, 0.4) is 0 Å². The summed E-state index contributed by atoms with van der Waals surface area (Å²) in [5.74, 6) is 0.907. The first-order valence-corrected chi connectivity index (χ1v) is 6.31. The van der Waals surface area contributed by atoms with Crippen LogP contribution in [0.4, 0.5) is 5.69 Å². The summed E-state index contributed by atoms with van der Waals surface area (Å²) in [4.78, 5) is 12.0. The predicted octanol–water partition coefficient (Wildman–Crippen LogP) is 2.00. The van der Waals surface area contributed by atoms with Gasteiger partial charge in [-0.3, -0.25) is 4.79 Å². The first-order valence-electron chi connectivity index (χ1n) is 6.31. The van der Waals surface area contributed by atoms with Crippen molar-refractivity contribution in [1.29, 1.82) is 0 Å². The molecular formula is C14H20N2O2. The van der Waals surface area contributed by atoms with Gasteiger partial charge in [0.15, 0.2) is 0 Å². The Kier molecular flexibility index (Phi) is 3.87. The van der Waals surface area contributed by atoms with Crippen molar-refractivity contribution in [2.75, 3.05) is 19.0 Å². The molecule has 0 radical (unpaired) electrons. The van der Waals surface area contributed by atoms with Crippen molar-refractivity contribution in [3.05, 3.63) is 23.3 Å². The summed E-state index contributed by atoms with van der Waals surface area (Å²) in [6.07, 6.45) is 1.98. The SMILES string of the molecule is COc1cc(C)c(NC(=O)C2CCCN2)cc1C. The largest absolute Gasteiger partial charge is 0.496 e. The van der Waals surface area contributed by atoms with Crippen LogP contribution in [0.1, 0.15) is 24.0 Å². The molecule has 1 saturated heterocycles. The van der Waals surface area contributed by atoms with Gasteiger partial charge in [0.1, 0.15) is 5.75 Å². The van der Waals surface area contributed by atoms with Crippen molar-refractivity contribution in [1.82, 2.24) is 5.32 Å². The van der Waals surface area contributed by atoms with Crippen LogP contribution in [0, 0.1) is 13.8 Å². The highest BCUT2D eigenvalue weighted by Gasteiger charge is 2.22. The summed E-state index contributed by atoms with van der Waals surface area (Å²) in [6, 6.07) is 3.86. The van der Waals surface area contributed by atoms with Crippen LogP contribution in [0.2, 0.25) is 0 Å². The molecule has 1 atom stereocenters. The summed E-state index contributed by atoms with van der Waals surface area (Å²) >= 11 is 0. The summed E-state index contributed by atoms with van der Waals surface area (Å²) in [6.45, 7) is 4.88. The lowest BCUT2D eigenvalue weighted by Crippen LogP contribution is -2.35. The van der Waals surface area contributed by atoms with E-state index in [4.69, 9.17) is 4.74 Å². The number of ether oxygens (including phenoxy) is 1. The van der Waals surface area contributed by atoms with Gasteiger partial charge in [0.2, 0.25) is 5.91 Å². The Morgan fingerprint density at radius 3 is 2.78 bits per heavy atom. The molecule has 0 spiro atoms. The molecule has 0 aliphatic carbocycles. The maximum absolute atomic E-state index is 12.0. The number of methoxy groups -OCH3 is 1. The quantitative estimate of drug-likeness (QED) is 0.860. The molecule has 1 aromatic rings. The molecule has 1 unspecified atom stereocenters. The average molecular weight is 248 g/mol. The van der Waals surface area contributed by atoms with E-state index in [1.807, 2.05) is 26.0 Å². The summed E-state index contributed by atoms with van der Waals surface area (Å²) < 4.78 is 5.26. The lowest BCUT2D eigenvalue weighted by Gasteiger charge is -2.15. The van der Waals surface area contributed by atoms with Crippen molar-refractivity contribution in [3.63, 3.8) is 0 Å². The van der Waals surface area contributed by atoms with E-state index in [0.717, 1.165) is 42.0 Å². The number of benzene rings is 1. The molecule has 18 heavy (non-hydrogen) atoms. The number of amides is 1. The lowest BCUT2D eigenvalue weighted by atomic mass is 10.1. The van der Waals surface area contributed by atoms with Crippen molar-refractivity contribution in [3.8, 4) is 5.75 Å². The van der Waals surface area contributed by atoms with Gasteiger partial charge in [0, 0.05) is 5.69 Å². The van der Waals surface area contributed by atoms with Crippen LogP contribution in [0.25, 0.3) is 0 Å². The second kappa shape index (κ2) is 5.40. The first-order chi connectivity index (χ1) is 8.61. The van der Waals surface area contributed by atoms with Gasteiger partial charge in [-0.15, -0.1) is 0 Å². The minimum absolute atomic E-state index is 0.0493. The summed E-state index contributed by atoms with van der Waals surface area (Å²) in [5, 5.41) is 6.18. The highest BCUT2D eigenvalue weighted by molar-refractivity contribution is 5.95. The van der Waals surface area contributed by atoms with Crippen LogP contribution in [0.15, 0.2) is 12.1 Å². The minimum atomic E-state index is -0.0493. The van der Waals surface area contributed by atoms with Gasteiger partial charge < -0.3 is 15.4 Å². The van der Waals surface area contributed by atoms with Crippen molar-refractivity contribution in [2.45, 2.75) is 32.7 Å². The Balaban J connectivity index is 2.13. The van der Waals surface area contributed by atoms with E-state index in [1.54, 1.807) is 7.11 Å². The van der Waals surface area contributed by atoms with Crippen LogP contribution in [-0.2, 0) is 4.79 Å². The topological polar surface area (TPSA) is 50.4 Å². The standard InChI is InChI=1S/C14H20N2O2/c1-9-8-13(18-3)10(2)7-12(9)16-14(17)11-5-4-6-15-11/h7-8,11,15H,4-6H2,1-3H3,(H,16,17). The number of aryl methyl sites for hydroxylation is 2. The van der Waals surface area contributed by atoms with E-state index >= 15 is 0 Å². The van der Waals surface area contributed by atoms with Crippen molar-refractivity contribution < 1.29 is 9.53 Å². The fourth-order valence-electron chi connectivity index (χ4n) is 2.27. The molecule has 98 valence electrons. The van der Waals surface area contributed by atoms with E-state index < -0.39 is 0 Å². The zero-order chi connectivity index (χ0) is 13.1. The van der Waals surface area contributed by atoms with Crippen molar-refractivity contribution >= 4 is 11.6 Å². The number of rotatable bonds is 3. The van der Waals surface area contributed by atoms with Gasteiger partial charge in [0.25, 0.3) is 0 Å². The molecule has 4 heteroatoms. The third-order valence-electron chi connectivity index (χ3n) is 3.38. The lowest BCUT2D eigenvalue weighted by molar-refractivity contribution is -0.117. The third kappa shape index (κ3) is 2.64. The molecule has 2 rings (SSSR count). The maximum atomic E-state index is 12.0. The summed E-state index contributed by atoms with van der Waals surface area (Å²) in [5.41, 5.74) is 2.91. The Labute approximate surface area is 108 Å². The predicted molar refractivity (Wildman–Crippen MR) is 72.1 cm³/mol. The number of anilines is 1. The van der Waals surface area contributed by atoms with Gasteiger partial charge >= 0.3 is 0 Å². The van der Waals surface area contributed by atoms with E-state index in [1.165, 1.54) is 0 Å². The van der Waals surface area contributed by atoms with E-state index in [0.29, 0.717) is 0 Å². The number of hydrogen-bond donors (Lipinski definition) is 2. The number of hydrogen-bond acceptors (Lipinski definition) is 3. The van der Waals surface area contributed by atoms with Crippen LogP contribution < -0.4 is 15.4 Å². The molecule has 1 aromatic carbocycles.